The van der Waals surface area contributed by atoms with Crippen LogP contribution in [0.15, 0.2) is 35.2 Å². The Balaban J connectivity index is 1.35. The van der Waals surface area contributed by atoms with Gasteiger partial charge >= 0.3 is 0 Å². The smallest absolute Gasteiger partial charge is 0.243 e. The van der Waals surface area contributed by atoms with E-state index in [1.54, 1.807) is 24.3 Å². The van der Waals surface area contributed by atoms with Crippen LogP contribution < -0.4 is 5.32 Å². The highest BCUT2D eigenvalue weighted by Gasteiger charge is 2.39. The van der Waals surface area contributed by atoms with Gasteiger partial charge in [0.2, 0.25) is 15.9 Å². The number of rotatable bonds is 4. The normalized spacial score (nSPS) is 29.6. The van der Waals surface area contributed by atoms with Gasteiger partial charge in [0, 0.05) is 44.2 Å². The molecule has 1 aromatic rings. The lowest BCUT2D eigenvalue weighted by atomic mass is 9.93. The molecule has 2 bridgehead atoms. The van der Waals surface area contributed by atoms with Crippen molar-refractivity contribution in [3.8, 4) is 0 Å². The first-order chi connectivity index (χ1) is 12.9. The number of carbonyl (C=O) groups excluding carboxylic acids is 1. The summed E-state index contributed by atoms with van der Waals surface area (Å²) in [5.74, 6) is 0.128. The van der Waals surface area contributed by atoms with Crippen LogP contribution in [0.3, 0.4) is 0 Å². The van der Waals surface area contributed by atoms with E-state index in [-0.39, 0.29) is 11.8 Å². The fourth-order valence-electron chi connectivity index (χ4n) is 4.90. The lowest BCUT2D eigenvalue weighted by molar-refractivity contribution is -0.138. The van der Waals surface area contributed by atoms with E-state index >= 15 is 0 Å². The Morgan fingerprint density at radius 3 is 2.22 bits per heavy atom. The van der Waals surface area contributed by atoms with E-state index in [1.807, 2.05) is 18.0 Å². The molecule has 0 aliphatic carbocycles. The number of nitrogens with zero attached hydrogens (tertiary/aromatic N) is 2. The molecular weight excluding hydrogens is 362 g/mol. The average molecular weight is 392 g/mol. The van der Waals surface area contributed by atoms with Crippen molar-refractivity contribution in [3.05, 3.63) is 30.3 Å². The average Bonchev–Trinajstić information content (AvgIpc) is 3.05. The second-order valence-electron chi connectivity index (χ2n) is 8.20. The van der Waals surface area contributed by atoms with Crippen molar-refractivity contribution in [1.29, 1.82) is 0 Å². The molecule has 0 spiro atoms. The summed E-state index contributed by atoms with van der Waals surface area (Å²) in [6.07, 6.45) is 5.73. The van der Waals surface area contributed by atoms with Gasteiger partial charge in [-0.1, -0.05) is 18.2 Å². The molecule has 2 atom stereocenters. The first kappa shape index (κ1) is 18.9. The van der Waals surface area contributed by atoms with Crippen molar-refractivity contribution < 1.29 is 13.2 Å². The van der Waals surface area contributed by atoms with E-state index in [1.165, 1.54) is 17.1 Å². The van der Waals surface area contributed by atoms with Gasteiger partial charge in [0.1, 0.15) is 0 Å². The van der Waals surface area contributed by atoms with Crippen LogP contribution in [-0.4, -0.2) is 61.8 Å². The molecule has 3 saturated heterocycles. The number of carbonyl (C=O) groups is 1. The third kappa shape index (κ3) is 3.77. The molecule has 1 amide bonds. The molecular formula is C20H29N3O3S. The highest BCUT2D eigenvalue weighted by molar-refractivity contribution is 7.89. The van der Waals surface area contributed by atoms with E-state index in [0.29, 0.717) is 49.0 Å². The third-order valence-corrected chi connectivity index (χ3v) is 8.44. The lowest BCUT2D eigenvalue weighted by Crippen LogP contribution is -2.51. The Bertz CT molecular complexity index is 763. The number of benzene rings is 1. The SMILES string of the molecule is CN(C(=O)C1CCN(S(=O)(=O)c2ccccc2)CC1)C1CC2CCC(C1)N2. The maximum Gasteiger partial charge on any atom is 0.243 e. The Labute approximate surface area is 162 Å². The first-order valence-corrected chi connectivity index (χ1v) is 11.5. The lowest BCUT2D eigenvalue weighted by Gasteiger charge is -2.38. The van der Waals surface area contributed by atoms with Crippen LogP contribution in [0.25, 0.3) is 0 Å². The van der Waals surface area contributed by atoms with Gasteiger partial charge in [0.15, 0.2) is 0 Å². The summed E-state index contributed by atoms with van der Waals surface area (Å²) in [6.45, 7) is 0.831. The molecule has 7 heteroatoms. The second-order valence-corrected chi connectivity index (χ2v) is 10.1. The number of hydrogen-bond donors (Lipinski definition) is 1. The standard InChI is InChI=1S/C20H29N3O3S/c1-22(18-13-16-7-8-17(14-18)21-16)20(24)15-9-11-23(12-10-15)27(25,26)19-5-3-2-4-6-19/h2-6,15-18,21H,7-14H2,1H3. The Kier molecular flexibility index (Phi) is 5.27. The molecule has 2 unspecified atom stereocenters. The summed E-state index contributed by atoms with van der Waals surface area (Å²) < 4.78 is 27.0. The van der Waals surface area contributed by atoms with Gasteiger partial charge in [0.25, 0.3) is 0 Å². The molecule has 3 fully saturated rings. The molecule has 0 aromatic heterocycles. The van der Waals surface area contributed by atoms with Crippen molar-refractivity contribution in [1.82, 2.24) is 14.5 Å². The predicted molar refractivity (Wildman–Crippen MR) is 104 cm³/mol. The Morgan fingerprint density at radius 1 is 1.04 bits per heavy atom. The summed E-state index contributed by atoms with van der Waals surface area (Å²) in [4.78, 5) is 15.3. The molecule has 1 N–H and O–H groups in total. The highest BCUT2D eigenvalue weighted by Crippen LogP contribution is 2.31. The summed E-state index contributed by atoms with van der Waals surface area (Å²) in [5, 5.41) is 3.62. The zero-order chi connectivity index (χ0) is 19.0. The molecule has 0 saturated carbocycles. The van der Waals surface area contributed by atoms with E-state index in [4.69, 9.17) is 0 Å². The summed E-state index contributed by atoms with van der Waals surface area (Å²) in [6, 6.07) is 9.99. The molecule has 6 nitrogen and oxygen atoms in total. The van der Waals surface area contributed by atoms with Crippen LogP contribution in [-0.2, 0) is 14.8 Å². The van der Waals surface area contributed by atoms with Crippen molar-refractivity contribution in [2.24, 2.45) is 5.92 Å². The number of hydrogen-bond acceptors (Lipinski definition) is 4. The number of nitrogens with one attached hydrogen (secondary N) is 1. The quantitative estimate of drug-likeness (QED) is 0.850. The van der Waals surface area contributed by atoms with E-state index in [0.717, 1.165) is 12.8 Å². The zero-order valence-corrected chi connectivity index (χ0v) is 16.7. The number of amides is 1. The minimum Gasteiger partial charge on any atom is -0.342 e. The van der Waals surface area contributed by atoms with E-state index in [2.05, 4.69) is 5.32 Å². The zero-order valence-electron chi connectivity index (χ0n) is 15.9. The second kappa shape index (κ2) is 7.53. The maximum absolute atomic E-state index is 13.0. The van der Waals surface area contributed by atoms with Gasteiger partial charge in [-0.25, -0.2) is 8.42 Å². The highest BCUT2D eigenvalue weighted by atomic mass is 32.2. The summed E-state index contributed by atoms with van der Waals surface area (Å²) in [7, 11) is -1.52. The van der Waals surface area contributed by atoms with Crippen molar-refractivity contribution in [2.45, 2.75) is 61.5 Å². The number of piperidine rings is 2. The predicted octanol–water partition coefficient (Wildman–Crippen LogP) is 1.83. The number of sulfonamides is 1. The van der Waals surface area contributed by atoms with E-state index < -0.39 is 10.0 Å². The van der Waals surface area contributed by atoms with Crippen molar-refractivity contribution >= 4 is 15.9 Å². The van der Waals surface area contributed by atoms with Crippen LogP contribution in [0.5, 0.6) is 0 Å². The summed E-state index contributed by atoms with van der Waals surface area (Å²) in [5.41, 5.74) is 0. The van der Waals surface area contributed by atoms with Gasteiger partial charge in [-0.2, -0.15) is 4.31 Å². The molecule has 27 heavy (non-hydrogen) atoms. The first-order valence-electron chi connectivity index (χ1n) is 10.0. The topological polar surface area (TPSA) is 69.7 Å². The molecule has 3 aliphatic rings. The molecule has 4 rings (SSSR count). The van der Waals surface area contributed by atoms with Gasteiger partial charge in [0.05, 0.1) is 4.90 Å². The van der Waals surface area contributed by atoms with Gasteiger partial charge in [-0.15, -0.1) is 0 Å². The van der Waals surface area contributed by atoms with Gasteiger partial charge < -0.3 is 10.2 Å². The Morgan fingerprint density at radius 2 is 1.63 bits per heavy atom. The molecule has 0 radical (unpaired) electrons. The van der Waals surface area contributed by atoms with E-state index in [9.17, 15) is 13.2 Å². The van der Waals surface area contributed by atoms with Crippen molar-refractivity contribution in [2.75, 3.05) is 20.1 Å². The van der Waals surface area contributed by atoms with Crippen LogP contribution in [0, 0.1) is 5.92 Å². The van der Waals surface area contributed by atoms with Crippen LogP contribution in [0.2, 0.25) is 0 Å². The monoisotopic (exact) mass is 391 g/mol. The fraction of sp³-hybridized carbons (Fsp3) is 0.650. The van der Waals surface area contributed by atoms with Crippen molar-refractivity contribution in [3.63, 3.8) is 0 Å². The van der Waals surface area contributed by atoms with Gasteiger partial charge in [-0.3, -0.25) is 4.79 Å². The van der Waals surface area contributed by atoms with Crippen LogP contribution in [0.4, 0.5) is 0 Å². The van der Waals surface area contributed by atoms with Crippen LogP contribution >= 0.6 is 0 Å². The number of fused-ring (bicyclic) bond motifs is 2. The Hall–Kier alpha value is -1.44. The maximum atomic E-state index is 13.0. The minimum atomic E-state index is -3.46. The van der Waals surface area contributed by atoms with Crippen LogP contribution in [0.1, 0.15) is 38.5 Å². The molecule has 148 valence electrons. The third-order valence-electron chi connectivity index (χ3n) is 6.53. The molecule has 1 aromatic carbocycles. The van der Waals surface area contributed by atoms with Gasteiger partial charge in [-0.05, 0) is 50.7 Å². The minimum absolute atomic E-state index is 0.0650. The molecule has 3 aliphatic heterocycles. The summed E-state index contributed by atoms with van der Waals surface area (Å²) >= 11 is 0. The fourth-order valence-corrected chi connectivity index (χ4v) is 6.39. The largest absolute Gasteiger partial charge is 0.342 e. The molecule has 3 heterocycles.